The Morgan fingerprint density at radius 2 is 2.42 bits per heavy atom. The molecule has 0 bridgehead atoms. The summed E-state index contributed by atoms with van der Waals surface area (Å²) < 4.78 is 18.1. The lowest BCUT2D eigenvalue weighted by Gasteiger charge is -2.16. The predicted octanol–water partition coefficient (Wildman–Crippen LogP) is 2.70. The summed E-state index contributed by atoms with van der Waals surface area (Å²) in [6, 6.07) is 3.50. The van der Waals surface area contributed by atoms with E-state index in [-0.39, 0.29) is 11.0 Å². The summed E-state index contributed by atoms with van der Waals surface area (Å²) in [5.74, 6) is -0.916. The van der Waals surface area contributed by atoms with Gasteiger partial charge in [-0.1, -0.05) is 11.2 Å². The van der Waals surface area contributed by atoms with Gasteiger partial charge >= 0.3 is 5.97 Å². The van der Waals surface area contributed by atoms with E-state index >= 15 is 0 Å². The van der Waals surface area contributed by atoms with Gasteiger partial charge in [0.15, 0.2) is 0 Å². The SMILES string of the molecule is COC(=O)C(NCCN=[N+]=[N-])c1ccc(F)c(Br)c1. The van der Waals surface area contributed by atoms with Crippen LogP contribution >= 0.6 is 15.9 Å². The third-order valence-electron chi connectivity index (χ3n) is 2.34. The Morgan fingerprint density at radius 1 is 1.68 bits per heavy atom. The van der Waals surface area contributed by atoms with E-state index in [4.69, 9.17) is 5.53 Å². The molecule has 1 unspecified atom stereocenters. The van der Waals surface area contributed by atoms with Gasteiger partial charge in [0.05, 0.1) is 11.6 Å². The summed E-state index contributed by atoms with van der Waals surface area (Å²) in [5, 5.41) is 6.24. The van der Waals surface area contributed by atoms with Gasteiger partial charge < -0.3 is 10.1 Å². The normalized spacial score (nSPS) is 11.5. The van der Waals surface area contributed by atoms with Crippen LogP contribution in [0, 0.1) is 5.82 Å². The smallest absolute Gasteiger partial charge is 0.327 e. The molecule has 0 amide bonds. The topological polar surface area (TPSA) is 87.1 Å². The molecular weight excluding hydrogens is 319 g/mol. The van der Waals surface area contributed by atoms with Crippen LogP contribution in [0.15, 0.2) is 27.8 Å². The molecular formula is C11H12BrFN4O2. The Morgan fingerprint density at radius 3 is 3.00 bits per heavy atom. The van der Waals surface area contributed by atoms with Gasteiger partial charge in [-0.15, -0.1) is 0 Å². The Bertz CT molecular complexity index is 505. The number of ether oxygens (including phenoxy) is 1. The molecule has 1 rings (SSSR count). The van der Waals surface area contributed by atoms with Gasteiger partial charge in [-0.3, -0.25) is 0 Å². The molecule has 8 heteroatoms. The lowest BCUT2D eigenvalue weighted by molar-refractivity contribution is -0.143. The van der Waals surface area contributed by atoms with E-state index < -0.39 is 17.8 Å². The van der Waals surface area contributed by atoms with Crippen LogP contribution in [0.3, 0.4) is 0 Å². The molecule has 0 saturated heterocycles. The molecule has 0 aliphatic carbocycles. The zero-order chi connectivity index (χ0) is 14.3. The van der Waals surface area contributed by atoms with Gasteiger partial charge in [0.1, 0.15) is 11.9 Å². The molecule has 0 saturated carbocycles. The molecule has 1 N–H and O–H groups in total. The van der Waals surface area contributed by atoms with E-state index in [1.165, 1.54) is 25.3 Å². The highest BCUT2D eigenvalue weighted by atomic mass is 79.9. The molecule has 1 atom stereocenters. The van der Waals surface area contributed by atoms with Crippen molar-refractivity contribution in [3.63, 3.8) is 0 Å². The second-order valence-electron chi connectivity index (χ2n) is 3.54. The summed E-state index contributed by atoms with van der Waals surface area (Å²) in [6.07, 6.45) is 0. The largest absolute Gasteiger partial charge is 0.468 e. The first-order chi connectivity index (χ1) is 9.10. The maximum absolute atomic E-state index is 13.2. The quantitative estimate of drug-likeness (QED) is 0.286. The van der Waals surface area contributed by atoms with Crippen LogP contribution in [0.4, 0.5) is 4.39 Å². The highest BCUT2D eigenvalue weighted by Gasteiger charge is 2.21. The molecule has 0 radical (unpaired) electrons. The van der Waals surface area contributed by atoms with Crippen molar-refractivity contribution in [2.75, 3.05) is 20.2 Å². The number of methoxy groups -OCH3 is 1. The first-order valence-corrected chi connectivity index (χ1v) is 6.16. The number of nitrogens with one attached hydrogen (secondary N) is 1. The van der Waals surface area contributed by atoms with E-state index in [1.54, 1.807) is 0 Å². The van der Waals surface area contributed by atoms with Crippen LogP contribution in [0.1, 0.15) is 11.6 Å². The van der Waals surface area contributed by atoms with Crippen molar-refractivity contribution in [3.8, 4) is 0 Å². The maximum atomic E-state index is 13.2. The van der Waals surface area contributed by atoms with Crippen LogP contribution < -0.4 is 5.32 Å². The lowest BCUT2D eigenvalue weighted by atomic mass is 10.1. The summed E-state index contributed by atoms with van der Waals surface area (Å²) >= 11 is 3.06. The van der Waals surface area contributed by atoms with E-state index in [9.17, 15) is 9.18 Å². The van der Waals surface area contributed by atoms with Crippen LogP contribution in [0.5, 0.6) is 0 Å². The van der Waals surface area contributed by atoms with Gasteiger partial charge in [0.25, 0.3) is 0 Å². The predicted molar refractivity (Wildman–Crippen MR) is 70.9 cm³/mol. The number of hydrogen-bond donors (Lipinski definition) is 1. The molecule has 6 nitrogen and oxygen atoms in total. The molecule has 19 heavy (non-hydrogen) atoms. The average molecular weight is 331 g/mol. The number of carbonyl (C=O) groups excluding carboxylic acids is 1. The number of nitrogens with zero attached hydrogens (tertiary/aromatic N) is 3. The van der Waals surface area contributed by atoms with Crippen LogP contribution in [-0.4, -0.2) is 26.2 Å². The highest BCUT2D eigenvalue weighted by molar-refractivity contribution is 9.10. The number of hydrogen-bond acceptors (Lipinski definition) is 4. The summed E-state index contributed by atoms with van der Waals surface area (Å²) in [5.41, 5.74) is 8.72. The Balaban J connectivity index is 2.86. The van der Waals surface area contributed by atoms with Crippen molar-refractivity contribution < 1.29 is 13.9 Å². The van der Waals surface area contributed by atoms with Crippen molar-refractivity contribution in [1.29, 1.82) is 0 Å². The Labute approximate surface area is 117 Å². The van der Waals surface area contributed by atoms with Crippen LogP contribution in [0.2, 0.25) is 0 Å². The standard InChI is InChI=1S/C11H12BrFN4O2/c1-19-11(18)10(15-4-5-16-17-14)7-2-3-9(13)8(12)6-7/h2-3,6,10,15H,4-5H2,1H3. The Kier molecular flexibility index (Phi) is 6.27. The van der Waals surface area contributed by atoms with Crippen molar-refractivity contribution in [1.82, 2.24) is 5.32 Å². The third kappa shape index (κ3) is 4.51. The van der Waals surface area contributed by atoms with E-state index in [1.807, 2.05) is 0 Å². The summed E-state index contributed by atoms with van der Waals surface area (Å²) in [4.78, 5) is 14.3. The molecule has 0 fully saturated rings. The summed E-state index contributed by atoms with van der Waals surface area (Å²) in [7, 11) is 1.27. The van der Waals surface area contributed by atoms with Crippen molar-refractivity contribution >= 4 is 21.9 Å². The molecule has 102 valence electrons. The van der Waals surface area contributed by atoms with Gasteiger partial charge in [-0.2, -0.15) is 0 Å². The molecule has 0 spiro atoms. The second-order valence-corrected chi connectivity index (χ2v) is 4.39. The monoisotopic (exact) mass is 330 g/mol. The second kappa shape index (κ2) is 7.73. The number of azide groups is 1. The van der Waals surface area contributed by atoms with Crippen molar-refractivity contribution in [3.05, 3.63) is 44.5 Å². The van der Waals surface area contributed by atoms with Crippen molar-refractivity contribution in [2.45, 2.75) is 6.04 Å². The fraction of sp³-hybridized carbons (Fsp3) is 0.364. The van der Waals surface area contributed by atoms with E-state index in [0.29, 0.717) is 12.1 Å². The van der Waals surface area contributed by atoms with Gasteiger partial charge in [-0.25, -0.2) is 9.18 Å². The molecule has 0 aromatic heterocycles. The Hall–Kier alpha value is -1.63. The number of carbonyl (C=O) groups is 1. The van der Waals surface area contributed by atoms with Gasteiger partial charge in [0.2, 0.25) is 0 Å². The zero-order valence-electron chi connectivity index (χ0n) is 10.1. The van der Waals surface area contributed by atoms with E-state index in [2.05, 4.69) is 36.0 Å². The lowest BCUT2D eigenvalue weighted by Crippen LogP contribution is -2.31. The molecule has 0 aliphatic heterocycles. The van der Waals surface area contributed by atoms with Gasteiger partial charge in [0, 0.05) is 18.0 Å². The number of benzene rings is 1. The number of halogens is 2. The minimum Gasteiger partial charge on any atom is -0.468 e. The summed E-state index contributed by atoms with van der Waals surface area (Å²) in [6.45, 7) is 0.505. The highest BCUT2D eigenvalue weighted by Crippen LogP contribution is 2.22. The number of esters is 1. The molecule has 1 aromatic rings. The first kappa shape index (κ1) is 15.4. The zero-order valence-corrected chi connectivity index (χ0v) is 11.7. The number of rotatable bonds is 6. The van der Waals surface area contributed by atoms with Crippen LogP contribution in [-0.2, 0) is 9.53 Å². The van der Waals surface area contributed by atoms with Crippen molar-refractivity contribution in [2.24, 2.45) is 5.11 Å². The fourth-order valence-corrected chi connectivity index (χ4v) is 1.85. The van der Waals surface area contributed by atoms with E-state index in [0.717, 1.165) is 0 Å². The third-order valence-corrected chi connectivity index (χ3v) is 2.95. The average Bonchev–Trinajstić information content (AvgIpc) is 2.41. The van der Waals surface area contributed by atoms with Crippen LogP contribution in [0.25, 0.3) is 10.4 Å². The fourth-order valence-electron chi connectivity index (χ4n) is 1.45. The van der Waals surface area contributed by atoms with Gasteiger partial charge in [-0.05, 0) is 39.2 Å². The molecule has 0 aliphatic rings. The maximum Gasteiger partial charge on any atom is 0.327 e. The molecule has 0 heterocycles. The molecule has 1 aromatic carbocycles. The minimum atomic E-state index is -0.740. The minimum absolute atomic E-state index is 0.201. The first-order valence-electron chi connectivity index (χ1n) is 5.37.